The van der Waals surface area contributed by atoms with Crippen LogP contribution >= 0.6 is 0 Å². The number of fused-ring (bicyclic) bond motifs is 1. The van der Waals surface area contributed by atoms with Crippen molar-refractivity contribution >= 4 is 5.65 Å². The molecule has 0 bridgehead atoms. The maximum Gasteiger partial charge on any atom is 0.224 e. The molecule has 68 valence electrons. The third-order valence-electron chi connectivity index (χ3n) is 1.98. The highest BCUT2D eigenvalue weighted by Crippen LogP contribution is 2.00. The Morgan fingerprint density at radius 3 is 2.77 bits per heavy atom. The molecule has 0 aliphatic carbocycles. The summed E-state index contributed by atoms with van der Waals surface area (Å²) in [5, 5.41) is 12.1. The third-order valence-corrected chi connectivity index (χ3v) is 1.98. The number of nitrogens with one attached hydrogen (secondary N) is 1. The Bertz CT molecular complexity index is 478. The molecule has 0 aliphatic rings. The lowest BCUT2D eigenvalue weighted by Gasteiger charge is -2.01. The predicted octanol–water partition coefficient (Wildman–Crippen LogP) is 1.20. The number of nitrogens with zero attached hydrogens (tertiary/aromatic N) is 3. The SMILES string of the molecule is CC(C)n1nc2ccccn2c1=N. The van der Waals surface area contributed by atoms with Crippen LogP contribution in [-0.4, -0.2) is 14.2 Å². The average molecular weight is 176 g/mol. The molecule has 0 aromatic carbocycles. The van der Waals surface area contributed by atoms with E-state index in [0.717, 1.165) is 5.65 Å². The van der Waals surface area contributed by atoms with Gasteiger partial charge in [0.15, 0.2) is 5.65 Å². The molecule has 0 atom stereocenters. The molecule has 0 fully saturated rings. The molecule has 2 heterocycles. The Balaban J connectivity index is 2.82. The van der Waals surface area contributed by atoms with Crippen molar-refractivity contribution in [3.05, 3.63) is 30.0 Å². The minimum absolute atomic E-state index is 0.229. The fourth-order valence-electron chi connectivity index (χ4n) is 1.32. The maximum absolute atomic E-state index is 7.81. The Hall–Kier alpha value is -1.58. The monoisotopic (exact) mass is 176 g/mol. The number of aromatic nitrogens is 3. The first-order valence-electron chi connectivity index (χ1n) is 4.30. The van der Waals surface area contributed by atoms with E-state index in [1.165, 1.54) is 0 Å². The maximum atomic E-state index is 7.81. The normalized spacial score (nSPS) is 11.3. The highest BCUT2D eigenvalue weighted by atomic mass is 15.4. The van der Waals surface area contributed by atoms with Gasteiger partial charge in [0, 0.05) is 6.20 Å². The van der Waals surface area contributed by atoms with Gasteiger partial charge in [0.05, 0.1) is 6.04 Å². The molecule has 0 saturated carbocycles. The van der Waals surface area contributed by atoms with Crippen LogP contribution < -0.4 is 5.62 Å². The fourth-order valence-corrected chi connectivity index (χ4v) is 1.32. The van der Waals surface area contributed by atoms with Gasteiger partial charge >= 0.3 is 0 Å². The molecule has 4 nitrogen and oxygen atoms in total. The van der Waals surface area contributed by atoms with E-state index in [2.05, 4.69) is 5.10 Å². The van der Waals surface area contributed by atoms with Gasteiger partial charge in [-0.05, 0) is 26.0 Å². The Morgan fingerprint density at radius 1 is 1.38 bits per heavy atom. The quantitative estimate of drug-likeness (QED) is 0.697. The third kappa shape index (κ3) is 1.14. The van der Waals surface area contributed by atoms with Gasteiger partial charge in [0.25, 0.3) is 0 Å². The van der Waals surface area contributed by atoms with Crippen molar-refractivity contribution in [2.75, 3.05) is 0 Å². The average Bonchev–Trinajstić information content (AvgIpc) is 2.45. The van der Waals surface area contributed by atoms with E-state index in [1.54, 1.807) is 9.08 Å². The summed E-state index contributed by atoms with van der Waals surface area (Å²) in [4.78, 5) is 0. The first-order chi connectivity index (χ1) is 6.20. The molecule has 2 aromatic heterocycles. The van der Waals surface area contributed by atoms with Crippen molar-refractivity contribution in [2.45, 2.75) is 19.9 Å². The lowest BCUT2D eigenvalue weighted by Crippen LogP contribution is -2.22. The summed E-state index contributed by atoms with van der Waals surface area (Å²) in [6.07, 6.45) is 1.85. The first kappa shape index (κ1) is 8.04. The summed E-state index contributed by atoms with van der Waals surface area (Å²) in [5.74, 6) is 0. The van der Waals surface area contributed by atoms with E-state index in [0.29, 0.717) is 5.62 Å². The van der Waals surface area contributed by atoms with Crippen LogP contribution in [-0.2, 0) is 0 Å². The van der Waals surface area contributed by atoms with Gasteiger partial charge in [0.2, 0.25) is 5.62 Å². The van der Waals surface area contributed by atoms with Crippen LogP contribution in [0.15, 0.2) is 24.4 Å². The molecule has 2 aromatic rings. The van der Waals surface area contributed by atoms with Crippen LogP contribution in [0.25, 0.3) is 5.65 Å². The van der Waals surface area contributed by atoms with Crippen LogP contribution in [0.1, 0.15) is 19.9 Å². The fraction of sp³-hybridized carbons (Fsp3) is 0.333. The van der Waals surface area contributed by atoms with E-state index in [-0.39, 0.29) is 6.04 Å². The van der Waals surface area contributed by atoms with Gasteiger partial charge in [0.1, 0.15) is 0 Å². The van der Waals surface area contributed by atoms with E-state index in [9.17, 15) is 0 Å². The minimum Gasteiger partial charge on any atom is -0.269 e. The summed E-state index contributed by atoms with van der Waals surface area (Å²) >= 11 is 0. The second kappa shape index (κ2) is 2.73. The Labute approximate surface area is 75.9 Å². The van der Waals surface area contributed by atoms with Crippen molar-refractivity contribution in [3.8, 4) is 0 Å². The van der Waals surface area contributed by atoms with Crippen molar-refractivity contribution in [3.63, 3.8) is 0 Å². The summed E-state index contributed by atoms with van der Waals surface area (Å²) in [6, 6.07) is 5.95. The van der Waals surface area contributed by atoms with E-state index < -0.39 is 0 Å². The van der Waals surface area contributed by atoms with Crippen LogP contribution in [0, 0.1) is 5.41 Å². The van der Waals surface area contributed by atoms with Crippen LogP contribution in [0.2, 0.25) is 0 Å². The summed E-state index contributed by atoms with van der Waals surface area (Å²) in [5.41, 5.74) is 1.24. The molecular weight excluding hydrogens is 164 g/mol. The molecule has 13 heavy (non-hydrogen) atoms. The van der Waals surface area contributed by atoms with Gasteiger partial charge in [-0.2, -0.15) is 5.10 Å². The molecule has 0 spiro atoms. The topological polar surface area (TPSA) is 46.1 Å². The Morgan fingerprint density at radius 2 is 2.15 bits per heavy atom. The largest absolute Gasteiger partial charge is 0.269 e. The highest BCUT2D eigenvalue weighted by molar-refractivity contribution is 5.35. The molecule has 0 radical (unpaired) electrons. The minimum atomic E-state index is 0.229. The van der Waals surface area contributed by atoms with Crippen molar-refractivity contribution in [1.29, 1.82) is 5.41 Å². The molecular formula is C9H12N4. The molecule has 0 aliphatic heterocycles. The second-order valence-electron chi connectivity index (χ2n) is 3.29. The standard InChI is InChI=1S/C9H12N4/c1-7(2)13-9(10)12-6-4-3-5-8(12)11-13/h3-7,10H,1-2H3. The number of rotatable bonds is 1. The van der Waals surface area contributed by atoms with E-state index >= 15 is 0 Å². The zero-order valence-electron chi connectivity index (χ0n) is 7.73. The van der Waals surface area contributed by atoms with Gasteiger partial charge in [-0.15, -0.1) is 0 Å². The summed E-state index contributed by atoms with van der Waals surface area (Å²) in [7, 11) is 0. The van der Waals surface area contributed by atoms with Gasteiger partial charge in [-0.25, -0.2) is 4.68 Å². The number of hydrogen-bond donors (Lipinski definition) is 1. The van der Waals surface area contributed by atoms with Crippen molar-refractivity contribution in [2.24, 2.45) is 0 Å². The van der Waals surface area contributed by atoms with Gasteiger partial charge < -0.3 is 0 Å². The molecule has 0 unspecified atom stereocenters. The van der Waals surface area contributed by atoms with Crippen molar-refractivity contribution in [1.82, 2.24) is 14.2 Å². The van der Waals surface area contributed by atoms with Gasteiger partial charge in [-0.3, -0.25) is 9.81 Å². The molecule has 2 rings (SSSR count). The molecule has 1 N–H and O–H groups in total. The van der Waals surface area contributed by atoms with Crippen LogP contribution in [0.5, 0.6) is 0 Å². The predicted molar refractivity (Wildman–Crippen MR) is 49.4 cm³/mol. The van der Waals surface area contributed by atoms with Crippen molar-refractivity contribution < 1.29 is 0 Å². The van der Waals surface area contributed by atoms with Crippen LogP contribution in [0.4, 0.5) is 0 Å². The zero-order valence-corrected chi connectivity index (χ0v) is 7.73. The van der Waals surface area contributed by atoms with Gasteiger partial charge in [-0.1, -0.05) is 6.07 Å². The van der Waals surface area contributed by atoms with E-state index in [1.807, 2.05) is 38.2 Å². The lowest BCUT2D eigenvalue weighted by molar-refractivity contribution is 0.501. The number of hydrogen-bond acceptors (Lipinski definition) is 2. The van der Waals surface area contributed by atoms with E-state index in [4.69, 9.17) is 5.41 Å². The summed E-state index contributed by atoms with van der Waals surface area (Å²) < 4.78 is 3.47. The first-order valence-corrected chi connectivity index (χ1v) is 4.30. The lowest BCUT2D eigenvalue weighted by atomic mass is 10.4. The highest BCUT2D eigenvalue weighted by Gasteiger charge is 2.04. The smallest absolute Gasteiger partial charge is 0.224 e. The second-order valence-corrected chi connectivity index (χ2v) is 3.29. The van der Waals surface area contributed by atoms with Crippen LogP contribution in [0.3, 0.4) is 0 Å². The summed E-state index contributed by atoms with van der Waals surface area (Å²) in [6.45, 7) is 4.04. The molecule has 0 amide bonds. The number of pyridine rings is 1. The molecule has 4 heteroatoms. The Kier molecular flexibility index (Phi) is 1.69. The molecule has 0 saturated heterocycles. The zero-order chi connectivity index (χ0) is 9.42.